The number of carbonyl (C=O) groups is 1. The zero-order valence-corrected chi connectivity index (χ0v) is 15.1. The van der Waals surface area contributed by atoms with Gasteiger partial charge < -0.3 is 9.47 Å². The number of rotatable bonds is 17. The van der Waals surface area contributed by atoms with Gasteiger partial charge in [-0.15, -0.1) is 6.58 Å². The highest BCUT2D eigenvalue weighted by Crippen LogP contribution is 2.11. The summed E-state index contributed by atoms with van der Waals surface area (Å²) in [6.07, 6.45) is 14.8. The van der Waals surface area contributed by atoms with Crippen LogP contribution in [0.1, 0.15) is 77.6 Å². The SMILES string of the molecule is [CH]C(COCC=C)COC(=O)CCCCCCCCCCCC. The largest absolute Gasteiger partial charge is 0.465 e. The Kier molecular flexibility index (Phi) is 16.9. The molecule has 23 heavy (non-hydrogen) atoms. The standard InChI is InChI=1S/C20H36O3/c1-4-6-7-8-9-10-11-12-13-14-15-20(21)23-18-19(3)17-22-16-5-2/h3,5,19H,2,4,6-18H2,1H3. The third-order valence-corrected chi connectivity index (χ3v) is 3.76. The zero-order valence-electron chi connectivity index (χ0n) is 15.1. The molecule has 0 aromatic carbocycles. The molecule has 0 heterocycles. The molecule has 0 aliphatic carbocycles. The molecule has 0 spiro atoms. The van der Waals surface area contributed by atoms with Crippen LogP contribution in [0.15, 0.2) is 12.7 Å². The van der Waals surface area contributed by atoms with E-state index < -0.39 is 0 Å². The molecule has 0 aliphatic heterocycles. The van der Waals surface area contributed by atoms with Gasteiger partial charge in [0.1, 0.15) is 0 Å². The van der Waals surface area contributed by atoms with Crippen LogP contribution in [0.3, 0.4) is 0 Å². The van der Waals surface area contributed by atoms with Crippen LogP contribution in [0.4, 0.5) is 0 Å². The second-order valence-corrected chi connectivity index (χ2v) is 6.20. The molecule has 0 amide bonds. The second kappa shape index (κ2) is 17.5. The molecule has 0 aromatic rings. The van der Waals surface area contributed by atoms with Crippen molar-refractivity contribution in [3.8, 4) is 0 Å². The van der Waals surface area contributed by atoms with Crippen LogP contribution < -0.4 is 0 Å². The third kappa shape index (κ3) is 17.4. The number of hydrogen-bond donors (Lipinski definition) is 0. The van der Waals surface area contributed by atoms with Crippen LogP contribution in [-0.4, -0.2) is 25.8 Å². The van der Waals surface area contributed by atoms with Gasteiger partial charge in [-0.3, -0.25) is 4.79 Å². The molecule has 2 radical (unpaired) electrons. The molecule has 0 aromatic heterocycles. The number of carbonyl (C=O) groups excluding carboxylic acids is 1. The van der Waals surface area contributed by atoms with Gasteiger partial charge in [-0.25, -0.2) is 0 Å². The fourth-order valence-corrected chi connectivity index (χ4v) is 2.38. The molecule has 0 bridgehead atoms. The van der Waals surface area contributed by atoms with E-state index in [1.165, 1.54) is 51.4 Å². The molecule has 1 unspecified atom stereocenters. The van der Waals surface area contributed by atoms with Crippen molar-refractivity contribution in [2.24, 2.45) is 5.92 Å². The summed E-state index contributed by atoms with van der Waals surface area (Å²) in [5.41, 5.74) is 0. The Balaban J connectivity index is 3.28. The number of hydrogen-bond acceptors (Lipinski definition) is 3. The summed E-state index contributed by atoms with van der Waals surface area (Å²) < 4.78 is 10.4. The first-order valence-electron chi connectivity index (χ1n) is 9.30. The van der Waals surface area contributed by atoms with Gasteiger partial charge in [-0.2, -0.15) is 0 Å². The van der Waals surface area contributed by atoms with Crippen LogP contribution in [0.25, 0.3) is 0 Å². The fraction of sp³-hybridized carbons (Fsp3) is 0.800. The average molecular weight is 325 g/mol. The van der Waals surface area contributed by atoms with Crippen molar-refractivity contribution in [3.05, 3.63) is 19.6 Å². The molecule has 0 fully saturated rings. The van der Waals surface area contributed by atoms with Crippen LogP contribution in [-0.2, 0) is 14.3 Å². The summed E-state index contributed by atoms with van der Waals surface area (Å²) in [4.78, 5) is 11.6. The van der Waals surface area contributed by atoms with Crippen molar-refractivity contribution in [2.75, 3.05) is 19.8 Å². The molecule has 0 saturated heterocycles. The minimum atomic E-state index is -0.258. The molecule has 0 rings (SSSR count). The first-order chi connectivity index (χ1) is 11.2. The Morgan fingerprint density at radius 2 is 1.57 bits per heavy atom. The highest BCUT2D eigenvalue weighted by molar-refractivity contribution is 5.69. The summed E-state index contributed by atoms with van der Waals surface area (Å²) in [5.74, 6) is -0.407. The van der Waals surface area contributed by atoms with Crippen molar-refractivity contribution in [3.63, 3.8) is 0 Å². The summed E-state index contributed by atoms with van der Waals surface area (Å²) in [6.45, 7) is 12.7. The molecule has 3 nitrogen and oxygen atoms in total. The zero-order chi connectivity index (χ0) is 17.2. The van der Waals surface area contributed by atoms with Crippen molar-refractivity contribution in [1.29, 1.82) is 0 Å². The van der Waals surface area contributed by atoms with E-state index >= 15 is 0 Å². The highest BCUT2D eigenvalue weighted by atomic mass is 16.5. The first-order valence-corrected chi connectivity index (χ1v) is 9.30. The Morgan fingerprint density at radius 3 is 2.13 bits per heavy atom. The third-order valence-electron chi connectivity index (χ3n) is 3.76. The number of unbranched alkanes of at least 4 members (excludes halogenated alkanes) is 9. The van der Waals surface area contributed by atoms with Crippen LogP contribution in [0.5, 0.6) is 0 Å². The van der Waals surface area contributed by atoms with E-state index in [1.807, 2.05) is 0 Å². The van der Waals surface area contributed by atoms with Crippen LogP contribution in [0, 0.1) is 12.8 Å². The summed E-state index contributed by atoms with van der Waals surface area (Å²) in [6, 6.07) is 0. The van der Waals surface area contributed by atoms with Gasteiger partial charge in [0.05, 0.1) is 19.8 Å². The molecule has 0 N–H and O–H groups in total. The Bertz CT molecular complexity index is 276. The van der Waals surface area contributed by atoms with Gasteiger partial charge in [-0.1, -0.05) is 70.8 Å². The predicted molar refractivity (Wildman–Crippen MR) is 96.2 cm³/mol. The molecule has 0 saturated carbocycles. The first kappa shape index (κ1) is 22.2. The summed E-state index contributed by atoms with van der Waals surface area (Å²) >= 11 is 0. The lowest BCUT2D eigenvalue weighted by molar-refractivity contribution is -0.145. The predicted octanol–water partition coefficient (Wildman–Crippen LogP) is 5.37. The van der Waals surface area contributed by atoms with E-state index in [2.05, 4.69) is 13.5 Å². The maximum Gasteiger partial charge on any atom is 0.305 e. The maximum atomic E-state index is 11.6. The van der Waals surface area contributed by atoms with E-state index in [9.17, 15) is 4.79 Å². The van der Waals surface area contributed by atoms with Crippen LogP contribution >= 0.6 is 0 Å². The van der Waals surface area contributed by atoms with Crippen LogP contribution in [0.2, 0.25) is 0 Å². The lowest BCUT2D eigenvalue weighted by Gasteiger charge is -2.11. The second-order valence-electron chi connectivity index (χ2n) is 6.20. The molecular formula is C20H36O3. The summed E-state index contributed by atoms with van der Waals surface area (Å²) in [7, 11) is 0. The van der Waals surface area contributed by atoms with E-state index in [1.54, 1.807) is 6.08 Å². The van der Waals surface area contributed by atoms with E-state index in [0.717, 1.165) is 12.8 Å². The highest BCUT2D eigenvalue weighted by Gasteiger charge is 2.07. The van der Waals surface area contributed by atoms with E-state index in [-0.39, 0.29) is 18.5 Å². The van der Waals surface area contributed by atoms with Gasteiger partial charge in [-0.05, 0) is 13.3 Å². The van der Waals surface area contributed by atoms with Gasteiger partial charge >= 0.3 is 5.97 Å². The maximum absolute atomic E-state index is 11.6. The number of ether oxygens (including phenoxy) is 2. The minimum Gasteiger partial charge on any atom is -0.465 e. The Hall–Kier alpha value is -0.830. The smallest absolute Gasteiger partial charge is 0.305 e. The Morgan fingerprint density at radius 1 is 1.00 bits per heavy atom. The van der Waals surface area contributed by atoms with Crippen molar-refractivity contribution in [1.82, 2.24) is 0 Å². The molecule has 1 atom stereocenters. The Labute approximate surface area is 143 Å². The normalized spacial score (nSPS) is 12.1. The lowest BCUT2D eigenvalue weighted by atomic mass is 10.1. The van der Waals surface area contributed by atoms with Crippen molar-refractivity contribution >= 4 is 5.97 Å². The molecular weight excluding hydrogens is 288 g/mol. The van der Waals surface area contributed by atoms with Gasteiger partial charge in [0, 0.05) is 12.3 Å². The molecule has 0 aliphatic rings. The molecule has 3 heteroatoms. The van der Waals surface area contributed by atoms with Crippen molar-refractivity contribution in [2.45, 2.75) is 77.6 Å². The lowest BCUT2D eigenvalue weighted by Crippen LogP contribution is -2.16. The topological polar surface area (TPSA) is 35.5 Å². The quantitative estimate of drug-likeness (QED) is 0.205. The van der Waals surface area contributed by atoms with E-state index in [4.69, 9.17) is 16.4 Å². The van der Waals surface area contributed by atoms with Crippen molar-refractivity contribution < 1.29 is 14.3 Å². The summed E-state index contributed by atoms with van der Waals surface area (Å²) in [5, 5.41) is 0. The van der Waals surface area contributed by atoms with Gasteiger partial charge in [0.25, 0.3) is 0 Å². The number of esters is 1. The fourth-order valence-electron chi connectivity index (χ4n) is 2.38. The average Bonchev–Trinajstić information content (AvgIpc) is 2.55. The monoisotopic (exact) mass is 324 g/mol. The minimum absolute atomic E-state index is 0.149. The molecule has 134 valence electrons. The van der Waals surface area contributed by atoms with E-state index in [0.29, 0.717) is 19.6 Å². The van der Waals surface area contributed by atoms with Gasteiger partial charge in [0.15, 0.2) is 0 Å². The van der Waals surface area contributed by atoms with Gasteiger partial charge in [0.2, 0.25) is 0 Å².